The van der Waals surface area contributed by atoms with Gasteiger partial charge < -0.3 is 9.47 Å². The molecule has 3 aliphatic rings. The van der Waals surface area contributed by atoms with Crippen molar-refractivity contribution in [3.8, 4) is 0 Å². The van der Waals surface area contributed by atoms with E-state index in [9.17, 15) is 9.59 Å². The molecule has 2 aliphatic carbocycles. The highest BCUT2D eigenvalue weighted by atomic mass is 16.5. The van der Waals surface area contributed by atoms with Crippen molar-refractivity contribution >= 4 is 11.9 Å². The molecule has 0 N–H and O–H groups in total. The lowest BCUT2D eigenvalue weighted by molar-refractivity contribution is -0.150. The van der Waals surface area contributed by atoms with Crippen LogP contribution in [0.4, 0.5) is 0 Å². The molecule has 0 saturated heterocycles. The van der Waals surface area contributed by atoms with Crippen molar-refractivity contribution in [1.29, 1.82) is 0 Å². The Hall–Kier alpha value is -1.58. The molecule has 1 heterocycles. The minimum Gasteiger partial charge on any atom is -0.462 e. The van der Waals surface area contributed by atoms with Crippen LogP contribution in [0, 0.1) is 29.6 Å². The van der Waals surface area contributed by atoms with Crippen LogP contribution in [0.2, 0.25) is 0 Å². The molecule has 1 fully saturated rings. The van der Waals surface area contributed by atoms with Crippen LogP contribution in [0.1, 0.15) is 60.3 Å². The Bertz CT molecular complexity index is 641. The number of fused-ring (bicyclic) bond motifs is 2. The maximum Gasteiger partial charge on any atom is 0.334 e. The summed E-state index contributed by atoms with van der Waals surface area (Å²) in [4.78, 5) is 24.2. The van der Waals surface area contributed by atoms with E-state index in [1.165, 1.54) is 12.5 Å². The molecule has 0 radical (unpaired) electrons. The van der Waals surface area contributed by atoms with E-state index in [4.69, 9.17) is 9.47 Å². The lowest BCUT2D eigenvalue weighted by Crippen LogP contribution is -2.36. The van der Waals surface area contributed by atoms with Gasteiger partial charge in [0.05, 0.1) is 0 Å². The van der Waals surface area contributed by atoms with Crippen molar-refractivity contribution in [3.63, 3.8) is 0 Å². The Kier molecular flexibility index (Phi) is 5.59. The average Bonchev–Trinajstić information content (AvgIpc) is 3.22. The predicted molar refractivity (Wildman–Crippen MR) is 100 cm³/mol. The lowest BCUT2D eigenvalue weighted by atomic mass is 9.73. The van der Waals surface area contributed by atoms with Crippen LogP contribution in [-0.4, -0.2) is 24.6 Å². The third-order valence-corrected chi connectivity index (χ3v) is 6.38. The van der Waals surface area contributed by atoms with Crippen molar-refractivity contribution in [1.82, 2.24) is 0 Å². The molecular formula is C22H32O4. The van der Waals surface area contributed by atoms with Gasteiger partial charge in [0.15, 0.2) is 0 Å². The maximum atomic E-state index is 12.4. The summed E-state index contributed by atoms with van der Waals surface area (Å²) in [7, 11) is 0. The van der Waals surface area contributed by atoms with Gasteiger partial charge in [-0.25, -0.2) is 4.79 Å². The highest BCUT2D eigenvalue weighted by Gasteiger charge is 2.53. The molecule has 0 aromatic carbocycles. The van der Waals surface area contributed by atoms with Crippen LogP contribution in [0.3, 0.4) is 0 Å². The van der Waals surface area contributed by atoms with E-state index in [-0.39, 0.29) is 24.0 Å². The molecule has 4 heteroatoms. The second-order valence-electron chi connectivity index (χ2n) is 8.74. The Morgan fingerprint density at radius 1 is 1.31 bits per heavy atom. The van der Waals surface area contributed by atoms with Gasteiger partial charge in [0.1, 0.15) is 12.7 Å². The van der Waals surface area contributed by atoms with Crippen LogP contribution in [0.25, 0.3) is 0 Å². The number of cyclic esters (lactones) is 1. The number of ether oxygens (including phenoxy) is 2. The smallest absolute Gasteiger partial charge is 0.334 e. The Morgan fingerprint density at radius 2 is 2.04 bits per heavy atom. The summed E-state index contributed by atoms with van der Waals surface area (Å²) in [5.41, 5.74) is 3.35. The van der Waals surface area contributed by atoms with E-state index in [1.54, 1.807) is 0 Å². The quantitative estimate of drug-likeness (QED) is 0.537. The average molecular weight is 360 g/mol. The second-order valence-corrected chi connectivity index (χ2v) is 8.74. The molecule has 6 atom stereocenters. The van der Waals surface area contributed by atoms with E-state index >= 15 is 0 Å². The van der Waals surface area contributed by atoms with Gasteiger partial charge in [-0.1, -0.05) is 25.5 Å². The molecule has 3 rings (SSSR count). The summed E-state index contributed by atoms with van der Waals surface area (Å²) in [6.07, 6.45) is 6.06. The predicted octanol–water partition coefficient (Wildman–Crippen LogP) is 4.45. The number of hydrogen-bond acceptors (Lipinski definition) is 4. The summed E-state index contributed by atoms with van der Waals surface area (Å²) >= 11 is 0. The summed E-state index contributed by atoms with van der Waals surface area (Å²) in [6.45, 7) is 10.5. The molecule has 1 saturated carbocycles. The van der Waals surface area contributed by atoms with E-state index in [1.807, 2.05) is 0 Å². The number of carbonyl (C=O) groups is 2. The molecule has 26 heavy (non-hydrogen) atoms. The standard InChI is InChI=1S/C22H32O4/c1-12(2)7-6-8-13(3)20-18-11-25-22(24)21(18)17-10-16(17)14(4)9-19(20)26-15(5)23/h7,13-14,16-17,19-20H,6,8-11H2,1-5H3/t13-,14+,16-,17-,19+,20-/m0/s1. The van der Waals surface area contributed by atoms with Crippen LogP contribution in [-0.2, 0) is 19.1 Å². The lowest BCUT2D eigenvalue weighted by Gasteiger charge is -2.35. The summed E-state index contributed by atoms with van der Waals surface area (Å²) in [6, 6.07) is 0. The highest BCUT2D eigenvalue weighted by Crippen LogP contribution is 2.56. The first-order chi connectivity index (χ1) is 12.3. The van der Waals surface area contributed by atoms with Crippen molar-refractivity contribution in [2.75, 3.05) is 6.61 Å². The monoisotopic (exact) mass is 360 g/mol. The number of hydrogen-bond donors (Lipinski definition) is 0. The topological polar surface area (TPSA) is 52.6 Å². The van der Waals surface area contributed by atoms with Crippen LogP contribution >= 0.6 is 0 Å². The Morgan fingerprint density at radius 3 is 2.69 bits per heavy atom. The molecule has 0 unspecified atom stereocenters. The van der Waals surface area contributed by atoms with Gasteiger partial charge in [-0.15, -0.1) is 0 Å². The minimum atomic E-state index is -0.232. The van der Waals surface area contributed by atoms with Crippen molar-refractivity contribution in [2.24, 2.45) is 29.6 Å². The third-order valence-electron chi connectivity index (χ3n) is 6.38. The third kappa shape index (κ3) is 3.89. The normalized spacial score (nSPS) is 34.0. The molecule has 0 bridgehead atoms. The van der Waals surface area contributed by atoms with Gasteiger partial charge >= 0.3 is 11.9 Å². The summed E-state index contributed by atoms with van der Waals surface area (Å²) < 4.78 is 11.3. The van der Waals surface area contributed by atoms with Gasteiger partial charge in [0.2, 0.25) is 0 Å². The van der Waals surface area contributed by atoms with Crippen LogP contribution < -0.4 is 0 Å². The Balaban J connectivity index is 1.93. The zero-order valence-corrected chi connectivity index (χ0v) is 16.7. The molecule has 0 aromatic rings. The molecule has 0 aromatic heterocycles. The van der Waals surface area contributed by atoms with Crippen LogP contribution in [0.5, 0.6) is 0 Å². The fourth-order valence-corrected chi connectivity index (χ4v) is 5.04. The van der Waals surface area contributed by atoms with Crippen molar-refractivity contribution in [2.45, 2.75) is 66.4 Å². The number of esters is 2. The summed E-state index contributed by atoms with van der Waals surface area (Å²) in [5.74, 6) is 1.39. The Labute approximate surface area is 157 Å². The zero-order valence-electron chi connectivity index (χ0n) is 16.7. The number of rotatable bonds is 5. The second kappa shape index (κ2) is 7.58. The molecule has 4 nitrogen and oxygen atoms in total. The first kappa shape index (κ1) is 19.2. The molecular weight excluding hydrogens is 328 g/mol. The highest BCUT2D eigenvalue weighted by molar-refractivity contribution is 5.93. The van der Waals surface area contributed by atoms with Gasteiger partial charge in [-0.05, 0) is 68.8 Å². The van der Waals surface area contributed by atoms with Gasteiger partial charge in [0, 0.05) is 18.4 Å². The molecule has 1 aliphatic heterocycles. The van der Waals surface area contributed by atoms with Gasteiger partial charge in [-0.3, -0.25) is 4.79 Å². The van der Waals surface area contributed by atoms with E-state index in [2.05, 4.69) is 33.8 Å². The molecule has 0 spiro atoms. The fraction of sp³-hybridized carbons (Fsp3) is 0.727. The SMILES string of the molecule is CC(=O)O[C@@H]1C[C@@H](C)[C@@H]2C[C@@H]2C2=C(COC2=O)[C@@H]1[C@@H](C)CCC=C(C)C. The van der Waals surface area contributed by atoms with E-state index in [0.29, 0.717) is 30.3 Å². The van der Waals surface area contributed by atoms with E-state index < -0.39 is 0 Å². The first-order valence-electron chi connectivity index (χ1n) is 10.00. The largest absolute Gasteiger partial charge is 0.462 e. The van der Waals surface area contributed by atoms with E-state index in [0.717, 1.165) is 36.8 Å². The number of carbonyl (C=O) groups excluding carboxylic acids is 2. The summed E-state index contributed by atoms with van der Waals surface area (Å²) in [5, 5.41) is 0. The van der Waals surface area contributed by atoms with Gasteiger partial charge in [0.25, 0.3) is 0 Å². The minimum absolute atomic E-state index is 0.0786. The van der Waals surface area contributed by atoms with Gasteiger partial charge in [-0.2, -0.15) is 0 Å². The first-order valence-corrected chi connectivity index (χ1v) is 10.00. The number of allylic oxidation sites excluding steroid dienone is 2. The fourth-order valence-electron chi connectivity index (χ4n) is 5.04. The van der Waals surface area contributed by atoms with Crippen LogP contribution in [0.15, 0.2) is 22.8 Å². The zero-order chi connectivity index (χ0) is 19.0. The maximum absolute atomic E-state index is 12.4. The van der Waals surface area contributed by atoms with Crippen molar-refractivity contribution in [3.05, 3.63) is 22.8 Å². The van der Waals surface area contributed by atoms with Crippen molar-refractivity contribution < 1.29 is 19.1 Å². The molecule has 0 amide bonds. The molecule has 144 valence electrons.